The number of primary amides is 1. The minimum absolute atomic E-state index is 0.00902. The number of carbonyl (C=O) groups is 2. The summed E-state index contributed by atoms with van der Waals surface area (Å²) in [4.78, 5) is 34.1. The van der Waals surface area contributed by atoms with Gasteiger partial charge in [0, 0.05) is 6.07 Å². The molecule has 0 saturated heterocycles. The van der Waals surface area contributed by atoms with Crippen LogP contribution >= 0.6 is 12.2 Å². The molecule has 3 amide bonds. The highest BCUT2D eigenvalue weighted by Crippen LogP contribution is 2.37. The van der Waals surface area contributed by atoms with Crippen LogP contribution in [0.25, 0.3) is 0 Å². The molecular formula is C19H17N5O6S. The number of rotatable bonds is 7. The summed E-state index contributed by atoms with van der Waals surface area (Å²) in [5, 5.41) is 44.5. The Morgan fingerprint density at radius 1 is 1.23 bits per heavy atom. The zero-order valence-electron chi connectivity index (χ0n) is 15.9. The number of hydrogen-bond donors (Lipinski definition) is 5. The highest BCUT2D eigenvalue weighted by Gasteiger charge is 2.31. The molecule has 0 bridgehead atoms. The fourth-order valence-corrected chi connectivity index (χ4v) is 3.22. The SMILES string of the molecule is N#CCNC(=O)C(Cc1ccc(O)cc1)c1ccc([N+](=O)[O-])c(O)c1C(=S)NC(N)=O. The maximum Gasteiger partial charge on any atom is 0.317 e. The lowest BCUT2D eigenvalue weighted by Crippen LogP contribution is -2.36. The van der Waals surface area contributed by atoms with E-state index >= 15 is 0 Å². The van der Waals surface area contributed by atoms with Crippen LogP contribution in [-0.4, -0.2) is 38.6 Å². The first-order chi connectivity index (χ1) is 14.6. The van der Waals surface area contributed by atoms with Crippen molar-refractivity contribution in [3.63, 3.8) is 0 Å². The van der Waals surface area contributed by atoms with Gasteiger partial charge in [0.05, 0.1) is 22.5 Å². The highest BCUT2D eigenvalue weighted by molar-refractivity contribution is 7.80. The van der Waals surface area contributed by atoms with Crippen LogP contribution in [-0.2, 0) is 11.2 Å². The topological polar surface area (TPSA) is 192 Å². The van der Waals surface area contributed by atoms with Crippen LogP contribution in [0.5, 0.6) is 11.5 Å². The summed E-state index contributed by atoms with van der Waals surface area (Å²) < 4.78 is 0. The standard InChI is InChI=1S/C19H17N5O6S/c20-7-8-22-17(27)13(9-10-1-3-11(25)4-2-10)12-5-6-14(24(29)30)16(26)15(12)18(31)23-19(21)28/h1-6,13,25-26H,8-9H2,(H,22,27)(H3,21,23,28,31). The lowest BCUT2D eigenvalue weighted by molar-refractivity contribution is -0.385. The first-order valence-corrected chi connectivity index (χ1v) is 9.10. The average molecular weight is 443 g/mol. The fourth-order valence-electron chi connectivity index (χ4n) is 2.91. The molecule has 11 nitrogen and oxygen atoms in total. The Morgan fingerprint density at radius 3 is 2.42 bits per heavy atom. The van der Waals surface area contributed by atoms with Crippen molar-refractivity contribution in [1.29, 1.82) is 5.26 Å². The molecule has 2 aromatic carbocycles. The molecular weight excluding hydrogens is 426 g/mol. The molecule has 0 aromatic heterocycles. The van der Waals surface area contributed by atoms with Crippen molar-refractivity contribution in [3.05, 3.63) is 63.2 Å². The van der Waals surface area contributed by atoms with E-state index in [4.69, 9.17) is 23.2 Å². The van der Waals surface area contributed by atoms with E-state index in [-0.39, 0.29) is 29.8 Å². The number of nitriles is 1. The zero-order chi connectivity index (χ0) is 23.1. The quantitative estimate of drug-likeness (QED) is 0.183. The number of nitro benzene ring substituents is 1. The number of benzene rings is 2. The second-order valence-electron chi connectivity index (χ2n) is 6.27. The summed E-state index contributed by atoms with van der Waals surface area (Å²) >= 11 is 5.08. The van der Waals surface area contributed by atoms with Gasteiger partial charge in [-0.15, -0.1) is 0 Å². The van der Waals surface area contributed by atoms with Gasteiger partial charge < -0.3 is 21.3 Å². The number of phenols is 2. The maximum atomic E-state index is 12.8. The van der Waals surface area contributed by atoms with E-state index in [9.17, 15) is 29.9 Å². The Morgan fingerprint density at radius 2 is 1.87 bits per heavy atom. The number of urea groups is 1. The smallest absolute Gasteiger partial charge is 0.317 e. The molecule has 0 heterocycles. The number of phenolic OH excluding ortho intramolecular Hbond substituents is 2. The van der Waals surface area contributed by atoms with Gasteiger partial charge in [0.25, 0.3) is 0 Å². The highest BCUT2D eigenvalue weighted by atomic mass is 32.1. The van der Waals surface area contributed by atoms with E-state index in [1.807, 2.05) is 0 Å². The number of aromatic hydroxyl groups is 2. The molecule has 1 atom stereocenters. The van der Waals surface area contributed by atoms with Gasteiger partial charge >= 0.3 is 11.7 Å². The van der Waals surface area contributed by atoms with E-state index in [1.54, 1.807) is 18.2 Å². The van der Waals surface area contributed by atoms with Crippen molar-refractivity contribution in [3.8, 4) is 17.6 Å². The molecule has 1 unspecified atom stereocenters. The number of nitrogens with one attached hydrogen (secondary N) is 2. The fraction of sp³-hybridized carbons (Fsp3) is 0.158. The minimum Gasteiger partial charge on any atom is -0.508 e. The second kappa shape index (κ2) is 9.99. The Labute approximate surface area is 181 Å². The molecule has 0 spiro atoms. The van der Waals surface area contributed by atoms with Crippen LogP contribution in [0, 0.1) is 21.4 Å². The number of nitrogens with two attached hydrogens (primary N) is 1. The van der Waals surface area contributed by atoms with Crippen molar-refractivity contribution in [2.45, 2.75) is 12.3 Å². The summed E-state index contributed by atoms with van der Waals surface area (Å²) in [6.45, 7) is -0.302. The monoisotopic (exact) mass is 443 g/mol. The average Bonchev–Trinajstić information content (AvgIpc) is 2.70. The Bertz CT molecular complexity index is 1080. The molecule has 0 aliphatic rings. The Balaban J connectivity index is 2.65. The molecule has 0 aliphatic heterocycles. The predicted molar refractivity (Wildman–Crippen MR) is 112 cm³/mol. The first kappa shape index (κ1) is 23.0. The number of hydrogen-bond acceptors (Lipinski definition) is 8. The lowest BCUT2D eigenvalue weighted by atomic mass is 9.87. The van der Waals surface area contributed by atoms with E-state index < -0.39 is 39.2 Å². The van der Waals surface area contributed by atoms with Crippen LogP contribution in [0.2, 0.25) is 0 Å². The van der Waals surface area contributed by atoms with Gasteiger partial charge in [-0.3, -0.25) is 20.2 Å². The number of carbonyl (C=O) groups excluding carboxylic acids is 2. The first-order valence-electron chi connectivity index (χ1n) is 8.69. The van der Waals surface area contributed by atoms with E-state index in [0.717, 1.165) is 6.07 Å². The van der Waals surface area contributed by atoms with Crippen LogP contribution in [0.1, 0.15) is 22.6 Å². The third kappa shape index (κ3) is 5.64. The largest absolute Gasteiger partial charge is 0.508 e. The van der Waals surface area contributed by atoms with Crippen molar-refractivity contribution >= 4 is 34.8 Å². The Kier molecular flexibility index (Phi) is 7.43. The van der Waals surface area contributed by atoms with Gasteiger partial charge in [0.1, 0.15) is 17.3 Å². The normalized spacial score (nSPS) is 11.1. The second-order valence-corrected chi connectivity index (χ2v) is 6.68. The van der Waals surface area contributed by atoms with Crippen molar-refractivity contribution in [2.75, 3.05) is 6.54 Å². The van der Waals surface area contributed by atoms with Crippen LogP contribution in [0.4, 0.5) is 10.5 Å². The molecule has 0 fully saturated rings. The van der Waals surface area contributed by atoms with Crippen LogP contribution in [0.3, 0.4) is 0 Å². The van der Waals surface area contributed by atoms with Gasteiger partial charge in [-0.2, -0.15) is 5.26 Å². The van der Waals surface area contributed by atoms with E-state index in [0.29, 0.717) is 5.56 Å². The summed E-state index contributed by atoms with van der Waals surface area (Å²) in [5.41, 5.74) is 4.76. The third-order valence-electron chi connectivity index (χ3n) is 4.26. The molecule has 2 aromatic rings. The minimum atomic E-state index is -1.06. The summed E-state index contributed by atoms with van der Waals surface area (Å²) in [6, 6.07) is 8.89. The van der Waals surface area contributed by atoms with Crippen molar-refractivity contribution in [1.82, 2.24) is 10.6 Å². The Hall–Kier alpha value is -4.24. The van der Waals surface area contributed by atoms with Gasteiger partial charge in [-0.25, -0.2) is 4.79 Å². The molecule has 12 heteroatoms. The number of nitrogens with zero attached hydrogens (tertiary/aromatic N) is 2. The summed E-state index contributed by atoms with van der Waals surface area (Å²) in [5.74, 6) is -2.52. The molecule has 2 rings (SSSR count). The van der Waals surface area contributed by atoms with Gasteiger partial charge in [0.2, 0.25) is 11.7 Å². The van der Waals surface area contributed by atoms with Gasteiger partial charge in [-0.1, -0.05) is 30.4 Å². The maximum absolute atomic E-state index is 12.8. The molecule has 0 radical (unpaired) electrons. The van der Waals surface area contributed by atoms with Gasteiger partial charge in [0.15, 0.2) is 0 Å². The predicted octanol–water partition coefficient (Wildman–Crippen LogP) is 1.32. The van der Waals surface area contributed by atoms with Crippen LogP contribution < -0.4 is 16.4 Å². The lowest BCUT2D eigenvalue weighted by Gasteiger charge is -2.21. The third-order valence-corrected chi connectivity index (χ3v) is 4.57. The zero-order valence-corrected chi connectivity index (χ0v) is 16.7. The van der Waals surface area contributed by atoms with E-state index in [1.165, 1.54) is 18.2 Å². The van der Waals surface area contributed by atoms with Gasteiger partial charge in [-0.05, 0) is 29.7 Å². The summed E-state index contributed by atoms with van der Waals surface area (Å²) in [6.07, 6.45) is 0.0287. The molecule has 31 heavy (non-hydrogen) atoms. The van der Waals surface area contributed by atoms with Crippen molar-refractivity contribution < 1.29 is 24.7 Å². The molecule has 0 aliphatic carbocycles. The molecule has 6 N–H and O–H groups in total. The number of amides is 3. The van der Waals surface area contributed by atoms with Crippen LogP contribution in [0.15, 0.2) is 36.4 Å². The van der Waals surface area contributed by atoms with Crippen molar-refractivity contribution in [2.24, 2.45) is 5.73 Å². The molecule has 0 saturated carbocycles. The number of thiocarbonyl (C=S) groups is 1. The van der Waals surface area contributed by atoms with E-state index in [2.05, 4.69) is 10.6 Å². The number of nitro groups is 1. The summed E-state index contributed by atoms with van der Waals surface area (Å²) in [7, 11) is 0. The molecule has 160 valence electrons.